The van der Waals surface area contributed by atoms with Crippen LogP contribution >= 0.6 is 11.6 Å². The lowest BCUT2D eigenvalue weighted by Crippen LogP contribution is -2.25. The van der Waals surface area contributed by atoms with Crippen molar-refractivity contribution in [2.45, 2.75) is 12.5 Å². The van der Waals surface area contributed by atoms with Crippen LogP contribution in [0.4, 0.5) is 0 Å². The molecular weight excluding hydrogens is 164 g/mol. The topological polar surface area (TPSA) is 35.5 Å². The van der Waals surface area contributed by atoms with Crippen LogP contribution in [0, 0.1) is 0 Å². The molecule has 2 unspecified atom stereocenters. The number of halogens is 1. The van der Waals surface area contributed by atoms with Crippen LogP contribution in [0.15, 0.2) is 0 Å². The van der Waals surface area contributed by atoms with Crippen LogP contribution in [-0.2, 0) is 19.7 Å². The van der Waals surface area contributed by atoms with Gasteiger partial charge in [0.1, 0.15) is 0 Å². The first kappa shape index (κ1) is 7.47. The lowest BCUT2D eigenvalue weighted by atomic mass is 10.3. The van der Waals surface area contributed by atoms with E-state index in [2.05, 4.69) is 4.18 Å². The van der Waals surface area contributed by atoms with Crippen LogP contribution in [0.5, 0.6) is 0 Å². The Morgan fingerprint density at radius 2 is 2.56 bits per heavy atom. The molecule has 0 amide bonds. The van der Waals surface area contributed by atoms with Crippen molar-refractivity contribution < 1.29 is 12.6 Å². The van der Waals surface area contributed by atoms with Gasteiger partial charge in [0, 0.05) is 6.42 Å². The number of alkyl halides is 1. The molecule has 0 spiro atoms. The van der Waals surface area contributed by atoms with Gasteiger partial charge in [-0.1, -0.05) is 0 Å². The van der Waals surface area contributed by atoms with Gasteiger partial charge in [-0.05, 0) is 0 Å². The fourth-order valence-electron chi connectivity index (χ4n) is 0.537. The van der Waals surface area contributed by atoms with E-state index in [1.165, 1.54) is 0 Å². The SMILES string of the molecule is O=S1OCCC(CCl)O1. The quantitative estimate of drug-likeness (QED) is 0.541. The molecule has 1 fully saturated rings. The third kappa shape index (κ3) is 2.21. The van der Waals surface area contributed by atoms with Gasteiger partial charge in [0.15, 0.2) is 0 Å². The minimum atomic E-state index is -1.55. The molecule has 54 valence electrons. The zero-order chi connectivity index (χ0) is 6.69. The van der Waals surface area contributed by atoms with Gasteiger partial charge in [0.05, 0.1) is 18.6 Å². The molecule has 9 heavy (non-hydrogen) atoms. The van der Waals surface area contributed by atoms with E-state index >= 15 is 0 Å². The van der Waals surface area contributed by atoms with Gasteiger partial charge >= 0.3 is 11.4 Å². The first-order valence-electron chi connectivity index (χ1n) is 2.61. The van der Waals surface area contributed by atoms with Gasteiger partial charge in [-0.3, -0.25) is 8.37 Å². The van der Waals surface area contributed by atoms with Crippen LogP contribution in [0.3, 0.4) is 0 Å². The van der Waals surface area contributed by atoms with Crippen LogP contribution in [0.1, 0.15) is 6.42 Å². The highest BCUT2D eigenvalue weighted by Gasteiger charge is 2.18. The standard InChI is InChI=1S/C4H7ClO3S/c5-3-4-1-2-7-9(6)8-4/h4H,1-3H2. The van der Waals surface area contributed by atoms with Gasteiger partial charge in [0.2, 0.25) is 0 Å². The molecule has 1 aliphatic heterocycles. The summed E-state index contributed by atoms with van der Waals surface area (Å²) in [6, 6.07) is 0. The molecule has 0 aliphatic carbocycles. The van der Waals surface area contributed by atoms with Crippen molar-refractivity contribution in [3.63, 3.8) is 0 Å². The maximum atomic E-state index is 10.4. The summed E-state index contributed by atoms with van der Waals surface area (Å²) in [4.78, 5) is 0. The fraction of sp³-hybridized carbons (Fsp3) is 1.00. The summed E-state index contributed by atoms with van der Waals surface area (Å²) in [5.41, 5.74) is 0. The third-order valence-electron chi connectivity index (χ3n) is 1.01. The van der Waals surface area contributed by atoms with E-state index < -0.39 is 11.4 Å². The average Bonchev–Trinajstić information content (AvgIpc) is 1.88. The first-order valence-corrected chi connectivity index (χ1v) is 4.14. The van der Waals surface area contributed by atoms with Gasteiger partial charge in [-0.2, -0.15) is 4.21 Å². The van der Waals surface area contributed by atoms with Crippen molar-refractivity contribution in [1.29, 1.82) is 0 Å². The minimum Gasteiger partial charge on any atom is -0.268 e. The molecule has 0 N–H and O–H groups in total. The molecule has 0 aromatic rings. The second kappa shape index (κ2) is 3.51. The Morgan fingerprint density at radius 3 is 3.00 bits per heavy atom. The highest BCUT2D eigenvalue weighted by Crippen LogP contribution is 2.10. The van der Waals surface area contributed by atoms with Crippen LogP contribution in [0.25, 0.3) is 0 Å². The van der Waals surface area contributed by atoms with E-state index in [0.717, 1.165) is 6.42 Å². The second-order valence-corrected chi connectivity index (χ2v) is 2.83. The van der Waals surface area contributed by atoms with Crippen molar-refractivity contribution in [1.82, 2.24) is 0 Å². The van der Waals surface area contributed by atoms with E-state index in [1.54, 1.807) is 0 Å². The summed E-state index contributed by atoms with van der Waals surface area (Å²) in [5, 5.41) is 0. The van der Waals surface area contributed by atoms with Gasteiger partial charge < -0.3 is 0 Å². The Morgan fingerprint density at radius 1 is 1.78 bits per heavy atom. The predicted octanol–water partition coefficient (Wildman–Crippen LogP) is 0.609. The van der Waals surface area contributed by atoms with Gasteiger partial charge in [-0.15, -0.1) is 11.6 Å². The number of hydrogen-bond donors (Lipinski definition) is 0. The van der Waals surface area contributed by atoms with E-state index in [4.69, 9.17) is 15.8 Å². The second-order valence-electron chi connectivity index (χ2n) is 1.69. The predicted molar refractivity (Wildman–Crippen MR) is 34.3 cm³/mol. The molecule has 0 aromatic carbocycles. The van der Waals surface area contributed by atoms with Crippen LogP contribution in [-0.4, -0.2) is 22.8 Å². The van der Waals surface area contributed by atoms with E-state index in [-0.39, 0.29) is 6.10 Å². The summed E-state index contributed by atoms with van der Waals surface area (Å²) in [6.45, 7) is 0.476. The summed E-state index contributed by atoms with van der Waals surface area (Å²) in [7, 11) is 0. The lowest BCUT2D eigenvalue weighted by molar-refractivity contribution is 0.127. The van der Waals surface area contributed by atoms with Crippen LogP contribution < -0.4 is 0 Å². The Labute approximate surface area is 61.2 Å². The zero-order valence-electron chi connectivity index (χ0n) is 4.71. The minimum absolute atomic E-state index is 0.0961. The normalized spacial score (nSPS) is 36.6. The number of hydrogen-bond acceptors (Lipinski definition) is 3. The van der Waals surface area contributed by atoms with Gasteiger partial charge in [0.25, 0.3) is 0 Å². The maximum Gasteiger partial charge on any atom is 0.304 e. The average molecular weight is 171 g/mol. The summed E-state index contributed by atoms with van der Waals surface area (Å²) in [5.74, 6) is 0.384. The lowest BCUT2D eigenvalue weighted by Gasteiger charge is -2.17. The molecule has 0 saturated carbocycles. The summed E-state index contributed by atoms with van der Waals surface area (Å²) in [6.07, 6.45) is 0.635. The molecule has 1 saturated heterocycles. The van der Waals surface area contributed by atoms with E-state index in [0.29, 0.717) is 12.5 Å². The molecule has 1 aliphatic rings. The molecule has 0 bridgehead atoms. The Kier molecular flexibility index (Phi) is 2.91. The Bertz CT molecular complexity index is 118. The highest BCUT2D eigenvalue weighted by molar-refractivity contribution is 7.75. The van der Waals surface area contributed by atoms with Crippen molar-refractivity contribution >= 4 is 23.0 Å². The van der Waals surface area contributed by atoms with Gasteiger partial charge in [-0.25, -0.2) is 0 Å². The Balaban J connectivity index is 2.32. The van der Waals surface area contributed by atoms with Crippen molar-refractivity contribution in [2.75, 3.05) is 12.5 Å². The van der Waals surface area contributed by atoms with Crippen molar-refractivity contribution in [3.8, 4) is 0 Å². The zero-order valence-corrected chi connectivity index (χ0v) is 6.28. The van der Waals surface area contributed by atoms with Crippen LogP contribution in [0.2, 0.25) is 0 Å². The molecular formula is C4H7ClO3S. The molecule has 5 heteroatoms. The smallest absolute Gasteiger partial charge is 0.268 e. The maximum absolute atomic E-state index is 10.4. The first-order chi connectivity index (χ1) is 4.33. The largest absolute Gasteiger partial charge is 0.304 e. The number of rotatable bonds is 1. The van der Waals surface area contributed by atoms with Crippen molar-refractivity contribution in [3.05, 3.63) is 0 Å². The van der Waals surface area contributed by atoms with E-state index in [1.807, 2.05) is 0 Å². The molecule has 1 rings (SSSR count). The monoisotopic (exact) mass is 170 g/mol. The molecule has 1 heterocycles. The molecule has 2 atom stereocenters. The summed E-state index contributed by atoms with van der Waals surface area (Å²) < 4.78 is 19.8. The highest BCUT2D eigenvalue weighted by atomic mass is 35.5. The molecule has 3 nitrogen and oxygen atoms in total. The van der Waals surface area contributed by atoms with Crippen molar-refractivity contribution in [2.24, 2.45) is 0 Å². The molecule has 0 aromatic heterocycles. The molecule has 0 radical (unpaired) electrons. The third-order valence-corrected chi connectivity index (χ3v) is 2.14. The summed E-state index contributed by atoms with van der Waals surface area (Å²) >= 11 is 3.88. The van der Waals surface area contributed by atoms with E-state index in [9.17, 15) is 4.21 Å². The Hall–Kier alpha value is 0.360. The fourth-order valence-corrected chi connectivity index (χ4v) is 1.50.